The van der Waals surface area contributed by atoms with Gasteiger partial charge in [0.2, 0.25) is 0 Å². The number of fused-ring (bicyclic) bond motifs is 10. The second-order valence-corrected chi connectivity index (χ2v) is 13.3. The van der Waals surface area contributed by atoms with Crippen molar-refractivity contribution in [3.63, 3.8) is 0 Å². The molecular formula is C46H28N4O. The van der Waals surface area contributed by atoms with Gasteiger partial charge in [-0.1, -0.05) is 121 Å². The summed E-state index contributed by atoms with van der Waals surface area (Å²) in [5, 5.41) is 7.05. The first-order chi connectivity index (χ1) is 25.2. The minimum Gasteiger partial charge on any atom is -0.455 e. The largest absolute Gasteiger partial charge is 0.455 e. The Morgan fingerprint density at radius 3 is 1.84 bits per heavy atom. The van der Waals surface area contributed by atoms with Crippen LogP contribution in [0.25, 0.3) is 105 Å². The van der Waals surface area contributed by atoms with Gasteiger partial charge in [-0.15, -0.1) is 0 Å². The van der Waals surface area contributed by atoms with Gasteiger partial charge in [-0.05, 0) is 54.4 Å². The lowest BCUT2D eigenvalue weighted by atomic mass is 9.96. The molecule has 0 amide bonds. The molecule has 0 saturated heterocycles. The van der Waals surface area contributed by atoms with Gasteiger partial charge < -0.3 is 8.82 Å². The third kappa shape index (κ3) is 4.12. The summed E-state index contributed by atoms with van der Waals surface area (Å²) in [5.41, 5.74) is 11.6. The quantitative estimate of drug-likeness (QED) is 0.190. The monoisotopic (exact) mass is 652 g/mol. The Balaban J connectivity index is 1.15. The van der Waals surface area contributed by atoms with Crippen LogP contribution in [0.1, 0.15) is 5.56 Å². The minimum absolute atomic E-state index is 0.630. The van der Waals surface area contributed by atoms with Crippen LogP contribution in [0.2, 0.25) is 0 Å². The van der Waals surface area contributed by atoms with E-state index in [0.29, 0.717) is 17.5 Å². The third-order valence-corrected chi connectivity index (χ3v) is 10.2. The molecule has 4 heterocycles. The lowest BCUT2D eigenvalue weighted by Gasteiger charge is -2.10. The summed E-state index contributed by atoms with van der Waals surface area (Å²) in [5.74, 6) is 1.93. The summed E-state index contributed by atoms with van der Waals surface area (Å²) in [7, 11) is 0. The molecule has 0 aliphatic carbocycles. The number of furan rings is 1. The zero-order valence-electron chi connectivity index (χ0n) is 27.6. The lowest BCUT2D eigenvalue weighted by Crippen LogP contribution is -2.00. The van der Waals surface area contributed by atoms with Gasteiger partial charge in [0.25, 0.3) is 0 Å². The van der Waals surface area contributed by atoms with Gasteiger partial charge in [0, 0.05) is 43.6 Å². The first-order valence-corrected chi connectivity index (χ1v) is 17.2. The van der Waals surface area contributed by atoms with Gasteiger partial charge >= 0.3 is 0 Å². The van der Waals surface area contributed by atoms with Crippen LogP contribution in [0.4, 0.5) is 0 Å². The van der Waals surface area contributed by atoms with Crippen LogP contribution in [0.5, 0.6) is 0 Å². The average molecular weight is 653 g/mol. The second-order valence-electron chi connectivity index (χ2n) is 13.3. The Morgan fingerprint density at radius 1 is 0.451 bits per heavy atom. The molecule has 11 rings (SSSR count). The number of aromatic nitrogens is 4. The number of rotatable bonds is 4. The number of nitrogens with zero attached hydrogens (tertiary/aromatic N) is 4. The molecule has 0 aliphatic heterocycles. The van der Waals surface area contributed by atoms with Crippen molar-refractivity contribution >= 4 is 60.0 Å². The maximum atomic E-state index is 6.84. The first kappa shape index (κ1) is 28.0. The Kier molecular flexibility index (Phi) is 5.81. The minimum atomic E-state index is 0.630. The van der Waals surface area contributed by atoms with Crippen molar-refractivity contribution in [1.29, 1.82) is 0 Å². The molecule has 4 aromatic heterocycles. The summed E-state index contributed by atoms with van der Waals surface area (Å²) >= 11 is 0. The summed E-state index contributed by atoms with van der Waals surface area (Å²) in [6.45, 7) is 2.09. The fourth-order valence-corrected chi connectivity index (χ4v) is 7.99. The summed E-state index contributed by atoms with van der Waals surface area (Å²) < 4.78 is 9.24. The standard InChI is InChI=1S/C46H28N4O/c1-27-12-9-16-30(24-27)45-47-44(28-13-3-2-4-14-28)48-46(49-45)31-17-10-15-29(25-31)32-20-11-23-39-40(32)36-26-35-33-18-5-7-21-37(33)50-38-22-8-6-19-34(38)41(42(35)50)43(36)51-39/h2-26H,1H3. The Hall–Kier alpha value is -6.85. The normalized spacial score (nSPS) is 12.0. The first-order valence-electron chi connectivity index (χ1n) is 17.2. The van der Waals surface area contributed by atoms with E-state index in [-0.39, 0.29) is 0 Å². The number of benzene rings is 7. The van der Waals surface area contributed by atoms with E-state index in [1.165, 1.54) is 32.7 Å². The van der Waals surface area contributed by atoms with Crippen molar-refractivity contribution in [2.24, 2.45) is 0 Å². The van der Waals surface area contributed by atoms with E-state index >= 15 is 0 Å². The van der Waals surface area contributed by atoms with Crippen molar-refractivity contribution in [3.05, 3.63) is 157 Å². The predicted molar refractivity (Wildman–Crippen MR) is 208 cm³/mol. The molecule has 11 aromatic rings. The molecule has 0 fully saturated rings. The highest BCUT2D eigenvalue weighted by atomic mass is 16.3. The maximum absolute atomic E-state index is 6.84. The summed E-state index contributed by atoms with van der Waals surface area (Å²) in [6.07, 6.45) is 0. The van der Waals surface area contributed by atoms with Gasteiger partial charge in [0.15, 0.2) is 17.5 Å². The van der Waals surface area contributed by atoms with Crippen molar-refractivity contribution in [2.45, 2.75) is 6.92 Å². The van der Waals surface area contributed by atoms with E-state index < -0.39 is 0 Å². The molecular weight excluding hydrogens is 625 g/mol. The van der Waals surface area contributed by atoms with Crippen LogP contribution < -0.4 is 0 Å². The van der Waals surface area contributed by atoms with Gasteiger partial charge in [-0.3, -0.25) is 0 Å². The molecule has 5 heteroatoms. The number of aryl methyl sites for hydroxylation is 1. The fourth-order valence-electron chi connectivity index (χ4n) is 7.99. The highest BCUT2D eigenvalue weighted by Crippen LogP contribution is 2.47. The van der Waals surface area contributed by atoms with Gasteiger partial charge in [-0.25, -0.2) is 15.0 Å². The van der Waals surface area contributed by atoms with Crippen molar-refractivity contribution < 1.29 is 4.42 Å². The molecule has 51 heavy (non-hydrogen) atoms. The van der Waals surface area contributed by atoms with Crippen LogP contribution in [-0.4, -0.2) is 19.4 Å². The molecule has 0 N–H and O–H groups in total. The average Bonchev–Trinajstić information content (AvgIpc) is 3.85. The second kappa shape index (κ2) is 10.6. The Bertz CT molecular complexity index is 3150. The molecule has 238 valence electrons. The van der Waals surface area contributed by atoms with Crippen LogP contribution in [0.15, 0.2) is 156 Å². The summed E-state index contributed by atoms with van der Waals surface area (Å²) in [4.78, 5) is 15.0. The van der Waals surface area contributed by atoms with Crippen LogP contribution in [0.3, 0.4) is 0 Å². The molecule has 0 atom stereocenters. The predicted octanol–water partition coefficient (Wildman–Crippen LogP) is 11.9. The zero-order chi connectivity index (χ0) is 33.6. The zero-order valence-corrected chi connectivity index (χ0v) is 27.6. The Labute approximate surface area is 292 Å². The van der Waals surface area contributed by atoms with E-state index in [2.05, 4.69) is 127 Å². The highest BCUT2D eigenvalue weighted by Gasteiger charge is 2.24. The molecule has 0 bridgehead atoms. The molecule has 0 spiro atoms. The molecule has 7 aromatic carbocycles. The van der Waals surface area contributed by atoms with Crippen molar-refractivity contribution in [3.8, 4) is 45.3 Å². The number of para-hydroxylation sites is 2. The van der Waals surface area contributed by atoms with Crippen LogP contribution >= 0.6 is 0 Å². The van der Waals surface area contributed by atoms with Crippen LogP contribution in [-0.2, 0) is 0 Å². The van der Waals surface area contributed by atoms with Gasteiger partial charge in [0.1, 0.15) is 11.2 Å². The molecule has 0 aliphatic rings. The third-order valence-electron chi connectivity index (χ3n) is 10.2. The topological polar surface area (TPSA) is 56.2 Å². The molecule has 0 saturated carbocycles. The highest BCUT2D eigenvalue weighted by molar-refractivity contribution is 6.33. The van der Waals surface area contributed by atoms with Crippen molar-refractivity contribution in [2.75, 3.05) is 0 Å². The van der Waals surface area contributed by atoms with Gasteiger partial charge in [-0.2, -0.15) is 0 Å². The van der Waals surface area contributed by atoms with E-state index in [1.807, 2.05) is 36.4 Å². The van der Waals surface area contributed by atoms with Gasteiger partial charge in [0.05, 0.1) is 21.9 Å². The molecule has 0 unspecified atom stereocenters. The fraction of sp³-hybridized carbons (Fsp3) is 0.0217. The molecule has 0 radical (unpaired) electrons. The Morgan fingerprint density at radius 2 is 1.06 bits per heavy atom. The van der Waals surface area contributed by atoms with E-state index in [9.17, 15) is 0 Å². The van der Waals surface area contributed by atoms with E-state index in [0.717, 1.165) is 60.7 Å². The lowest BCUT2D eigenvalue weighted by molar-refractivity contribution is 0.673. The van der Waals surface area contributed by atoms with Crippen molar-refractivity contribution in [1.82, 2.24) is 19.4 Å². The number of hydrogen-bond acceptors (Lipinski definition) is 4. The summed E-state index contributed by atoms with van der Waals surface area (Å²) in [6, 6.07) is 53.0. The SMILES string of the molecule is Cc1cccc(-c2nc(-c3ccccc3)nc(-c3cccc(-c4cccc5oc6c(cc7c8ccccc8n8c9ccccc9c6c78)c45)c3)n2)c1. The smallest absolute Gasteiger partial charge is 0.164 e. The molecule has 5 nitrogen and oxygen atoms in total. The van der Waals surface area contributed by atoms with E-state index in [1.54, 1.807) is 0 Å². The van der Waals surface area contributed by atoms with E-state index in [4.69, 9.17) is 19.4 Å². The maximum Gasteiger partial charge on any atom is 0.164 e. The number of hydrogen-bond donors (Lipinski definition) is 0. The van der Waals surface area contributed by atoms with Crippen LogP contribution in [0, 0.1) is 6.92 Å².